The van der Waals surface area contributed by atoms with Gasteiger partial charge in [0.1, 0.15) is 0 Å². The highest BCUT2D eigenvalue weighted by atomic mass is 35.5. The van der Waals surface area contributed by atoms with Gasteiger partial charge in [0.15, 0.2) is 0 Å². The fourth-order valence-corrected chi connectivity index (χ4v) is 4.20. The number of nitrogens with zero attached hydrogens (tertiary/aromatic N) is 3. The molecule has 3 aromatic rings. The minimum absolute atomic E-state index is 0.148. The highest BCUT2D eigenvalue weighted by Gasteiger charge is 2.23. The summed E-state index contributed by atoms with van der Waals surface area (Å²) in [6.07, 6.45) is 5.41. The molecular weight excluding hydrogens is 437 g/mol. The highest BCUT2D eigenvalue weighted by molar-refractivity contribution is 6.42. The third-order valence-corrected chi connectivity index (χ3v) is 6.26. The van der Waals surface area contributed by atoms with Crippen LogP contribution in [0.2, 0.25) is 10.0 Å². The Labute approximate surface area is 189 Å². The SMILES string of the molecule is NCC(c1ccc(Cl)c(Cl)c1)n1ccc(-c2ccnc(N[C@H]3CCC(O)C3)n2)cc1=O. The maximum absolute atomic E-state index is 12.9. The molecule has 0 aliphatic heterocycles. The number of rotatable bonds is 6. The van der Waals surface area contributed by atoms with E-state index in [1.807, 2.05) is 12.1 Å². The molecule has 7 nitrogen and oxygen atoms in total. The quantitative estimate of drug-likeness (QED) is 0.520. The molecule has 2 aromatic heterocycles. The summed E-state index contributed by atoms with van der Waals surface area (Å²) in [6.45, 7) is 0.228. The Morgan fingerprint density at radius 2 is 2.03 bits per heavy atom. The molecule has 0 amide bonds. The maximum Gasteiger partial charge on any atom is 0.251 e. The van der Waals surface area contributed by atoms with E-state index in [-0.39, 0.29) is 30.3 Å². The highest BCUT2D eigenvalue weighted by Crippen LogP contribution is 2.27. The van der Waals surface area contributed by atoms with Crippen LogP contribution in [-0.4, -0.2) is 38.3 Å². The van der Waals surface area contributed by atoms with E-state index in [4.69, 9.17) is 28.9 Å². The van der Waals surface area contributed by atoms with Crippen LogP contribution in [-0.2, 0) is 0 Å². The lowest BCUT2D eigenvalue weighted by Crippen LogP contribution is -2.29. The predicted octanol–water partition coefficient (Wildman–Crippen LogP) is 3.49. The lowest BCUT2D eigenvalue weighted by atomic mass is 10.1. The van der Waals surface area contributed by atoms with Crippen molar-refractivity contribution >= 4 is 29.2 Å². The molecule has 3 atom stereocenters. The van der Waals surface area contributed by atoms with E-state index in [0.717, 1.165) is 18.4 Å². The molecule has 0 spiro atoms. The van der Waals surface area contributed by atoms with Gasteiger partial charge >= 0.3 is 0 Å². The second-order valence-corrected chi connectivity index (χ2v) is 8.47. The van der Waals surface area contributed by atoms with Gasteiger partial charge in [0.25, 0.3) is 5.56 Å². The van der Waals surface area contributed by atoms with E-state index < -0.39 is 0 Å². The summed E-state index contributed by atoms with van der Waals surface area (Å²) in [5.41, 5.74) is 7.89. The number of hydrogen-bond acceptors (Lipinski definition) is 6. The van der Waals surface area contributed by atoms with E-state index in [9.17, 15) is 9.90 Å². The van der Waals surface area contributed by atoms with Crippen molar-refractivity contribution in [3.63, 3.8) is 0 Å². The lowest BCUT2D eigenvalue weighted by Gasteiger charge is -2.19. The lowest BCUT2D eigenvalue weighted by molar-refractivity contribution is 0.182. The molecule has 1 aliphatic carbocycles. The van der Waals surface area contributed by atoms with Crippen LogP contribution in [0.4, 0.5) is 5.95 Å². The molecule has 1 fully saturated rings. The van der Waals surface area contributed by atoms with Gasteiger partial charge < -0.3 is 20.7 Å². The normalized spacial score (nSPS) is 19.4. The molecular formula is C22H23Cl2N5O2. The number of benzene rings is 1. The van der Waals surface area contributed by atoms with E-state index in [1.54, 1.807) is 35.2 Å². The number of aliphatic hydroxyl groups excluding tert-OH is 1. The van der Waals surface area contributed by atoms with E-state index in [1.165, 1.54) is 6.07 Å². The van der Waals surface area contributed by atoms with Crippen molar-refractivity contribution in [3.05, 3.63) is 74.8 Å². The molecule has 1 aliphatic rings. The molecule has 0 bridgehead atoms. The molecule has 0 radical (unpaired) electrons. The molecule has 4 N–H and O–H groups in total. The number of aromatic nitrogens is 3. The average Bonchev–Trinajstić information content (AvgIpc) is 3.17. The minimum atomic E-state index is -0.368. The van der Waals surface area contributed by atoms with Gasteiger partial charge in [0.05, 0.1) is 27.9 Å². The van der Waals surface area contributed by atoms with Crippen LogP contribution in [0.1, 0.15) is 30.9 Å². The monoisotopic (exact) mass is 459 g/mol. The standard InChI is InChI=1S/C22H23Cl2N5O2/c23-17-4-1-14(9-18(17)24)20(12-25)29-8-6-13(10-21(29)31)19-5-7-26-22(28-19)27-15-2-3-16(30)11-15/h1,4-10,15-16,20,30H,2-3,11-12,25H2,(H,26,27,28)/t15-,16?,20?/m0/s1. The first-order chi connectivity index (χ1) is 14.9. The van der Waals surface area contributed by atoms with Crippen molar-refractivity contribution in [2.24, 2.45) is 5.73 Å². The zero-order valence-electron chi connectivity index (χ0n) is 16.7. The Morgan fingerprint density at radius 3 is 2.71 bits per heavy atom. The van der Waals surface area contributed by atoms with Crippen LogP contribution in [0.15, 0.2) is 53.6 Å². The zero-order chi connectivity index (χ0) is 22.0. The average molecular weight is 460 g/mol. The molecule has 4 rings (SSSR count). The largest absolute Gasteiger partial charge is 0.393 e. The van der Waals surface area contributed by atoms with Gasteiger partial charge in [-0.15, -0.1) is 0 Å². The van der Waals surface area contributed by atoms with Gasteiger partial charge in [0.2, 0.25) is 5.95 Å². The van der Waals surface area contributed by atoms with E-state index >= 15 is 0 Å². The Hall–Kier alpha value is -2.45. The van der Waals surface area contributed by atoms with Crippen LogP contribution >= 0.6 is 23.2 Å². The summed E-state index contributed by atoms with van der Waals surface area (Å²) in [5.74, 6) is 0.483. The molecule has 2 unspecified atom stereocenters. The number of aliphatic hydroxyl groups is 1. The van der Waals surface area contributed by atoms with Gasteiger partial charge in [-0.25, -0.2) is 9.97 Å². The Kier molecular flexibility index (Phi) is 6.57. The fourth-order valence-electron chi connectivity index (χ4n) is 3.90. The van der Waals surface area contributed by atoms with Gasteiger partial charge in [0, 0.05) is 36.6 Å². The van der Waals surface area contributed by atoms with Crippen molar-refractivity contribution in [3.8, 4) is 11.3 Å². The van der Waals surface area contributed by atoms with Crippen LogP contribution in [0.5, 0.6) is 0 Å². The van der Waals surface area contributed by atoms with Crippen molar-refractivity contribution in [2.45, 2.75) is 37.5 Å². The van der Waals surface area contributed by atoms with E-state index in [2.05, 4.69) is 15.3 Å². The first kappa shape index (κ1) is 21.8. The van der Waals surface area contributed by atoms with E-state index in [0.29, 0.717) is 33.7 Å². The predicted molar refractivity (Wildman–Crippen MR) is 123 cm³/mol. The maximum atomic E-state index is 12.9. The second-order valence-electron chi connectivity index (χ2n) is 7.66. The Bertz CT molecular complexity index is 1140. The minimum Gasteiger partial charge on any atom is -0.393 e. The fraction of sp³-hybridized carbons (Fsp3) is 0.318. The number of pyridine rings is 1. The summed E-state index contributed by atoms with van der Waals surface area (Å²) in [7, 11) is 0. The number of hydrogen-bond donors (Lipinski definition) is 3. The first-order valence-corrected chi connectivity index (χ1v) is 10.9. The topological polar surface area (TPSA) is 106 Å². The second kappa shape index (κ2) is 9.36. The zero-order valence-corrected chi connectivity index (χ0v) is 18.2. The van der Waals surface area contributed by atoms with Crippen molar-refractivity contribution < 1.29 is 5.11 Å². The van der Waals surface area contributed by atoms with Crippen LogP contribution in [0.3, 0.4) is 0 Å². The summed E-state index contributed by atoms with van der Waals surface area (Å²) in [4.78, 5) is 21.7. The number of nitrogens with one attached hydrogen (secondary N) is 1. The third-order valence-electron chi connectivity index (χ3n) is 5.53. The van der Waals surface area contributed by atoms with Gasteiger partial charge in [-0.05, 0) is 49.1 Å². The Morgan fingerprint density at radius 1 is 1.19 bits per heavy atom. The summed E-state index contributed by atoms with van der Waals surface area (Å²) < 4.78 is 1.57. The summed E-state index contributed by atoms with van der Waals surface area (Å²) in [5, 5.41) is 13.8. The molecule has 1 aromatic carbocycles. The van der Waals surface area contributed by atoms with Gasteiger partial charge in [-0.3, -0.25) is 4.79 Å². The Balaban J connectivity index is 1.59. The molecule has 1 saturated carbocycles. The van der Waals surface area contributed by atoms with Crippen molar-refractivity contribution in [1.29, 1.82) is 0 Å². The van der Waals surface area contributed by atoms with Crippen LogP contribution < -0.4 is 16.6 Å². The summed E-state index contributed by atoms with van der Waals surface area (Å²) in [6, 6.07) is 10.1. The molecule has 31 heavy (non-hydrogen) atoms. The van der Waals surface area contributed by atoms with Crippen LogP contribution in [0, 0.1) is 0 Å². The smallest absolute Gasteiger partial charge is 0.251 e. The summed E-state index contributed by atoms with van der Waals surface area (Å²) >= 11 is 12.1. The molecule has 9 heteroatoms. The third kappa shape index (κ3) is 4.91. The van der Waals surface area contributed by atoms with Crippen molar-refractivity contribution in [1.82, 2.24) is 14.5 Å². The van der Waals surface area contributed by atoms with Gasteiger partial charge in [-0.2, -0.15) is 0 Å². The number of anilines is 1. The first-order valence-electron chi connectivity index (χ1n) is 10.1. The number of nitrogens with two attached hydrogens (primary N) is 1. The number of halogens is 2. The van der Waals surface area contributed by atoms with Gasteiger partial charge in [-0.1, -0.05) is 29.3 Å². The molecule has 162 valence electrons. The van der Waals surface area contributed by atoms with Crippen molar-refractivity contribution in [2.75, 3.05) is 11.9 Å². The molecule has 2 heterocycles. The van der Waals surface area contributed by atoms with Crippen LogP contribution in [0.25, 0.3) is 11.3 Å². The molecule has 0 saturated heterocycles.